The van der Waals surface area contributed by atoms with Crippen molar-refractivity contribution in [2.24, 2.45) is 5.92 Å². The summed E-state index contributed by atoms with van der Waals surface area (Å²) in [6.07, 6.45) is 4.93. The largest absolute Gasteiger partial charge is 0.489 e. The fourth-order valence-corrected chi connectivity index (χ4v) is 3.12. The van der Waals surface area contributed by atoms with E-state index < -0.39 is 0 Å². The van der Waals surface area contributed by atoms with Crippen LogP contribution in [-0.2, 0) is 0 Å². The van der Waals surface area contributed by atoms with E-state index >= 15 is 0 Å². The first kappa shape index (κ1) is 15.3. The monoisotopic (exact) mass is 279 g/mol. The van der Waals surface area contributed by atoms with Crippen LogP contribution in [0.3, 0.4) is 0 Å². The molecule has 0 amide bonds. The zero-order valence-electron chi connectivity index (χ0n) is 12.8. The summed E-state index contributed by atoms with van der Waals surface area (Å²) < 4.78 is 19.4. The highest BCUT2D eigenvalue weighted by atomic mass is 19.1. The van der Waals surface area contributed by atoms with Gasteiger partial charge < -0.3 is 10.1 Å². The summed E-state index contributed by atoms with van der Waals surface area (Å²) in [6, 6.07) is 5.18. The van der Waals surface area contributed by atoms with Crippen molar-refractivity contribution in [3.8, 4) is 5.75 Å². The van der Waals surface area contributed by atoms with E-state index in [9.17, 15) is 4.39 Å². The molecule has 3 heteroatoms. The van der Waals surface area contributed by atoms with Crippen molar-refractivity contribution in [1.29, 1.82) is 0 Å². The van der Waals surface area contributed by atoms with Gasteiger partial charge in [-0.05, 0) is 62.4 Å². The van der Waals surface area contributed by atoms with Crippen LogP contribution in [0.1, 0.15) is 45.1 Å². The summed E-state index contributed by atoms with van der Waals surface area (Å²) in [5.41, 5.74) is 0.874. The number of likely N-dealkylation sites (N-methyl/N-ethyl adjacent to an activating group) is 1. The second-order valence-corrected chi connectivity index (χ2v) is 5.82. The summed E-state index contributed by atoms with van der Waals surface area (Å²) in [6.45, 7) is 7.25. The first-order valence-electron chi connectivity index (χ1n) is 7.80. The number of halogens is 1. The van der Waals surface area contributed by atoms with Gasteiger partial charge in [0.2, 0.25) is 0 Å². The molecule has 0 saturated heterocycles. The predicted molar refractivity (Wildman–Crippen MR) is 80.6 cm³/mol. The number of nitrogens with one attached hydrogen (secondary N) is 1. The first-order chi connectivity index (χ1) is 9.63. The van der Waals surface area contributed by atoms with Gasteiger partial charge in [0.25, 0.3) is 0 Å². The molecule has 1 N–H and O–H groups in total. The lowest BCUT2D eigenvalue weighted by Gasteiger charge is -2.36. The third-order valence-electron chi connectivity index (χ3n) is 4.36. The lowest BCUT2D eigenvalue weighted by molar-refractivity contribution is 0.0849. The Hall–Kier alpha value is -1.09. The van der Waals surface area contributed by atoms with Gasteiger partial charge in [-0.15, -0.1) is 0 Å². The van der Waals surface area contributed by atoms with Crippen molar-refractivity contribution in [2.45, 2.75) is 58.6 Å². The minimum Gasteiger partial charge on any atom is -0.489 e. The van der Waals surface area contributed by atoms with Crippen LogP contribution in [0, 0.1) is 18.7 Å². The van der Waals surface area contributed by atoms with Gasteiger partial charge in [0, 0.05) is 6.04 Å². The van der Waals surface area contributed by atoms with Crippen molar-refractivity contribution in [3.63, 3.8) is 0 Å². The van der Waals surface area contributed by atoms with Crippen LogP contribution in [0.25, 0.3) is 0 Å². The molecule has 0 spiro atoms. The van der Waals surface area contributed by atoms with Crippen molar-refractivity contribution < 1.29 is 9.13 Å². The Morgan fingerprint density at radius 1 is 1.30 bits per heavy atom. The number of rotatable bonds is 5. The molecule has 1 aliphatic rings. The standard InChI is InChI=1S/C17H26FNO/c1-4-13-6-8-15(19-5-2)17(11-13)20-16-9-7-14(18)10-12(16)3/h7,9-10,13,15,17,19H,4-6,8,11H2,1-3H3. The van der Waals surface area contributed by atoms with Gasteiger partial charge in [-0.3, -0.25) is 0 Å². The Bertz CT molecular complexity index is 435. The third-order valence-corrected chi connectivity index (χ3v) is 4.36. The van der Waals surface area contributed by atoms with Crippen LogP contribution in [0.5, 0.6) is 5.75 Å². The molecule has 0 aromatic heterocycles. The normalized spacial score (nSPS) is 26.5. The molecule has 1 fully saturated rings. The first-order valence-corrected chi connectivity index (χ1v) is 7.80. The van der Waals surface area contributed by atoms with Gasteiger partial charge in [0.15, 0.2) is 0 Å². The minimum absolute atomic E-state index is 0.192. The Morgan fingerprint density at radius 3 is 2.75 bits per heavy atom. The summed E-state index contributed by atoms with van der Waals surface area (Å²) in [4.78, 5) is 0. The SMILES string of the molecule is CCNC1CCC(CC)CC1Oc1ccc(F)cc1C. The van der Waals surface area contributed by atoms with Crippen molar-refractivity contribution in [2.75, 3.05) is 6.54 Å². The molecule has 3 unspecified atom stereocenters. The maximum absolute atomic E-state index is 13.2. The van der Waals surface area contributed by atoms with Gasteiger partial charge in [-0.25, -0.2) is 4.39 Å². The van der Waals surface area contributed by atoms with Crippen molar-refractivity contribution >= 4 is 0 Å². The summed E-state index contributed by atoms with van der Waals surface area (Å²) in [5.74, 6) is 1.36. The fourth-order valence-electron chi connectivity index (χ4n) is 3.12. The lowest BCUT2D eigenvalue weighted by Crippen LogP contribution is -2.47. The molecule has 1 aliphatic carbocycles. The topological polar surface area (TPSA) is 21.3 Å². The number of ether oxygens (including phenoxy) is 1. The molecule has 3 atom stereocenters. The van der Waals surface area contributed by atoms with E-state index in [0.717, 1.165) is 36.6 Å². The van der Waals surface area contributed by atoms with Crippen molar-refractivity contribution in [3.05, 3.63) is 29.6 Å². The van der Waals surface area contributed by atoms with E-state index in [-0.39, 0.29) is 11.9 Å². The van der Waals surface area contributed by atoms with Gasteiger partial charge in [0.1, 0.15) is 17.7 Å². The summed E-state index contributed by atoms with van der Waals surface area (Å²) in [7, 11) is 0. The van der Waals surface area contributed by atoms with Crippen LogP contribution in [-0.4, -0.2) is 18.7 Å². The van der Waals surface area contributed by atoms with E-state index in [0.29, 0.717) is 6.04 Å². The number of hydrogen-bond acceptors (Lipinski definition) is 2. The molecule has 0 radical (unpaired) electrons. The molecule has 0 heterocycles. The summed E-state index contributed by atoms with van der Waals surface area (Å²) in [5, 5.41) is 3.53. The summed E-state index contributed by atoms with van der Waals surface area (Å²) >= 11 is 0. The van der Waals surface area contributed by atoms with Crippen LogP contribution < -0.4 is 10.1 Å². The smallest absolute Gasteiger partial charge is 0.123 e. The molecule has 112 valence electrons. The highest BCUT2D eigenvalue weighted by Gasteiger charge is 2.31. The Balaban J connectivity index is 2.09. The maximum Gasteiger partial charge on any atom is 0.123 e. The number of hydrogen-bond donors (Lipinski definition) is 1. The minimum atomic E-state index is -0.201. The van der Waals surface area contributed by atoms with E-state index in [1.165, 1.54) is 25.0 Å². The quantitative estimate of drug-likeness (QED) is 0.877. The molecule has 2 nitrogen and oxygen atoms in total. The molecule has 2 rings (SSSR count). The number of benzene rings is 1. The van der Waals surface area contributed by atoms with E-state index in [1.807, 2.05) is 6.92 Å². The highest BCUT2D eigenvalue weighted by Crippen LogP contribution is 2.31. The zero-order chi connectivity index (χ0) is 14.5. The number of aryl methyl sites for hydroxylation is 1. The maximum atomic E-state index is 13.2. The third kappa shape index (κ3) is 3.72. The average Bonchev–Trinajstić information content (AvgIpc) is 2.44. The van der Waals surface area contributed by atoms with Crippen LogP contribution in [0.4, 0.5) is 4.39 Å². The lowest BCUT2D eigenvalue weighted by atomic mass is 9.82. The zero-order valence-corrected chi connectivity index (χ0v) is 12.8. The molecule has 1 aromatic rings. The molecule has 0 bridgehead atoms. The van der Waals surface area contributed by atoms with E-state index in [4.69, 9.17) is 4.74 Å². The van der Waals surface area contributed by atoms with Gasteiger partial charge in [0.05, 0.1) is 0 Å². The Morgan fingerprint density at radius 2 is 2.10 bits per heavy atom. The van der Waals surface area contributed by atoms with Crippen LogP contribution in [0.2, 0.25) is 0 Å². The molecule has 20 heavy (non-hydrogen) atoms. The second-order valence-electron chi connectivity index (χ2n) is 5.82. The van der Waals surface area contributed by atoms with Crippen LogP contribution >= 0.6 is 0 Å². The fraction of sp³-hybridized carbons (Fsp3) is 0.647. The molecule has 1 aromatic carbocycles. The average molecular weight is 279 g/mol. The van der Waals surface area contributed by atoms with Crippen LogP contribution in [0.15, 0.2) is 18.2 Å². The molecule has 1 saturated carbocycles. The van der Waals surface area contributed by atoms with Gasteiger partial charge in [-0.1, -0.05) is 20.3 Å². The molecular weight excluding hydrogens is 253 g/mol. The van der Waals surface area contributed by atoms with E-state index in [1.54, 1.807) is 6.07 Å². The molecular formula is C17H26FNO. The van der Waals surface area contributed by atoms with Crippen molar-refractivity contribution in [1.82, 2.24) is 5.32 Å². The molecule has 0 aliphatic heterocycles. The highest BCUT2D eigenvalue weighted by molar-refractivity contribution is 5.33. The second kappa shape index (κ2) is 7.07. The van der Waals surface area contributed by atoms with Gasteiger partial charge in [-0.2, -0.15) is 0 Å². The predicted octanol–water partition coefficient (Wildman–Crippen LogP) is 4.07. The Kier molecular flexibility index (Phi) is 5.41. The van der Waals surface area contributed by atoms with E-state index in [2.05, 4.69) is 19.2 Å². The Labute approximate surface area is 121 Å². The van der Waals surface area contributed by atoms with Gasteiger partial charge >= 0.3 is 0 Å².